The van der Waals surface area contributed by atoms with Crippen LogP contribution < -0.4 is 4.90 Å². The number of fused-ring (bicyclic) bond motifs is 3. The van der Waals surface area contributed by atoms with Crippen molar-refractivity contribution in [1.29, 1.82) is 5.26 Å². The minimum Gasteiger partial charge on any atom is -0.394 e. The van der Waals surface area contributed by atoms with Crippen LogP contribution in [0.3, 0.4) is 0 Å². The number of carbonyl (C=O) groups excluding carboxylic acids is 1. The second-order valence-electron chi connectivity index (χ2n) is 8.73. The minimum atomic E-state index is -0.437. The molecule has 1 amide bonds. The van der Waals surface area contributed by atoms with Crippen LogP contribution in [0.2, 0.25) is 0 Å². The molecule has 0 bridgehead atoms. The third-order valence-electron chi connectivity index (χ3n) is 7.01. The number of benzene rings is 3. The van der Waals surface area contributed by atoms with Crippen molar-refractivity contribution < 1.29 is 14.3 Å². The molecule has 2 aliphatic heterocycles. The molecule has 0 spiro atoms. The maximum Gasteiger partial charge on any atom is 0.254 e. The molecule has 6 heteroatoms. The molecule has 3 aromatic carbocycles. The van der Waals surface area contributed by atoms with E-state index in [-0.39, 0.29) is 30.5 Å². The van der Waals surface area contributed by atoms with Gasteiger partial charge in [-0.2, -0.15) is 5.26 Å². The molecule has 5 nitrogen and oxygen atoms in total. The molecule has 0 aromatic heterocycles. The molecule has 0 saturated carbocycles. The number of nitriles is 1. The normalized spacial score (nSPS) is 21.3. The number of aliphatic hydroxyl groups is 1. The van der Waals surface area contributed by atoms with E-state index >= 15 is 0 Å². The van der Waals surface area contributed by atoms with Gasteiger partial charge >= 0.3 is 0 Å². The summed E-state index contributed by atoms with van der Waals surface area (Å²) in [6.07, 6.45) is 0.759. The monoisotopic (exact) mass is 441 g/mol. The van der Waals surface area contributed by atoms with Crippen LogP contribution in [0, 0.1) is 23.1 Å². The van der Waals surface area contributed by atoms with Gasteiger partial charge in [0, 0.05) is 30.8 Å². The average molecular weight is 442 g/mol. The highest BCUT2D eigenvalue weighted by Gasteiger charge is 2.47. The molecular weight excluding hydrogens is 417 g/mol. The van der Waals surface area contributed by atoms with Crippen molar-refractivity contribution in [2.75, 3.05) is 25.1 Å². The molecule has 33 heavy (non-hydrogen) atoms. The first-order valence-corrected chi connectivity index (χ1v) is 11.1. The topological polar surface area (TPSA) is 67.6 Å². The summed E-state index contributed by atoms with van der Waals surface area (Å²) in [5, 5.41) is 19.5. The molecule has 166 valence electrons. The third kappa shape index (κ3) is 3.55. The zero-order chi connectivity index (χ0) is 23.1. The van der Waals surface area contributed by atoms with E-state index in [4.69, 9.17) is 0 Å². The van der Waals surface area contributed by atoms with Crippen LogP contribution in [0.25, 0.3) is 11.1 Å². The van der Waals surface area contributed by atoms with Gasteiger partial charge in [0.25, 0.3) is 5.91 Å². The molecule has 2 heterocycles. The molecule has 3 aromatic rings. The second-order valence-corrected chi connectivity index (χ2v) is 8.73. The quantitative estimate of drug-likeness (QED) is 0.655. The number of likely N-dealkylation sites (N-methyl/N-ethyl adjacent to an activating group) is 1. The largest absolute Gasteiger partial charge is 0.394 e. The molecule has 1 N–H and O–H groups in total. The van der Waals surface area contributed by atoms with Crippen molar-refractivity contribution in [2.24, 2.45) is 5.92 Å². The average Bonchev–Trinajstić information content (AvgIpc) is 3.28. The van der Waals surface area contributed by atoms with E-state index in [1.807, 2.05) is 42.3 Å². The Morgan fingerprint density at radius 1 is 1.12 bits per heavy atom. The molecule has 0 unspecified atom stereocenters. The van der Waals surface area contributed by atoms with E-state index in [9.17, 15) is 19.6 Å². The standard InChI is InChI=1S/C27H24FN3O2/c1-30-24-9-8-19(18-5-2-4-17(12-18)15-29)14-23(24)26-22(25(30)16-32)10-11-31(26)27(33)20-6-3-7-21(28)13-20/h2-9,12-14,22,25-26,32H,10-11,16H2,1H3/t22-,25-,26-/m0/s1. The number of halogens is 1. The number of amides is 1. The molecule has 2 aliphatic rings. The fourth-order valence-electron chi connectivity index (χ4n) is 5.42. The SMILES string of the molecule is CN1c2ccc(-c3cccc(C#N)c3)cc2[C@@H]2[C@@H](CCN2C(=O)c2cccc(F)c2)[C@@H]1CO. The van der Waals surface area contributed by atoms with Crippen LogP contribution >= 0.6 is 0 Å². The van der Waals surface area contributed by atoms with Crippen LogP contribution in [0.4, 0.5) is 10.1 Å². The first-order chi connectivity index (χ1) is 16.0. The van der Waals surface area contributed by atoms with Gasteiger partial charge in [-0.3, -0.25) is 4.79 Å². The van der Waals surface area contributed by atoms with Gasteiger partial charge in [0.1, 0.15) is 5.82 Å². The summed E-state index contributed by atoms with van der Waals surface area (Å²) in [4.78, 5) is 17.3. The highest BCUT2D eigenvalue weighted by atomic mass is 19.1. The van der Waals surface area contributed by atoms with Crippen molar-refractivity contribution in [2.45, 2.75) is 18.5 Å². The molecule has 3 atom stereocenters. The van der Waals surface area contributed by atoms with E-state index in [0.717, 1.165) is 28.8 Å². The smallest absolute Gasteiger partial charge is 0.254 e. The van der Waals surface area contributed by atoms with Gasteiger partial charge in [0.2, 0.25) is 0 Å². The summed E-state index contributed by atoms with van der Waals surface area (Å²) < 4.78 is 13.8. The van der Waals surface area contributed by atoms with Gasteiger partial charge in [-0.1, -0.05) is 24.3 Å². The van der Waals surface area contributed by atoms with Crippen molar-refractivity contribution in [1.82, 2.24) is 4.90 Å². The molecule has 0 radical (unpaired) electrons. The maximum atomic E-state index is 13.8. The Kier molecular flexibility index (Phi) is 5.35. The number of aliphatic hydroxyl groups excluding tert-OH is 1. The Hall–Kier alpha value is -3.69. The van der Waals surface area contributed by atoms with Gasteiger partial charge in [0.15, 0.2) is 0 Å². The van der Waals surface area contributed by atoms with Crippen molar-refractivity contribution in [3.63, 3.8) is 0 Å². The third-order valence-corrected chi connectivity index (χ3v) is 7.01. The Morgan fingerprint density at radius 3 is 2.67 bits per heavy atom. The van der Waals surface area contributed by atoms with E-state index in [1.54, 1.807) is 18.2 Å². The van der Waals surface area contributed by atoms with Gasteiger partial charge < -0.3 is 14.9 Å². The number of anilines is 1. The first-order valence-electron chi connectivity index (χ1n) is 11.1. The summed E-state index contributed by atoms with van der Waals surface area (Å²) in [6.45, 7) is 0.535. The fourth-order valence-corrected chi connectivity index (χ4v) is 5.42. The second kappa shape index (κ2) is 8.34. The van der Waals surface area contributed by atoms with Gasteiger partial charge in [-0.05, 0) is 65.6 Å². The lowest BCUT2D eigenvalue weighted by Gasteiger charge is -2.44. The number of nitrogens with zero attached hydrogens (tertiary/aromatic N) is 3. The molecular formula is C27H24FN3O2. The van der Waals surface area contributed by atoms with Crippen LogP contribution in [0.1, 0.15) is 33.9 Å². The van der Waals surface area contributed by atoms with Gasteiger partial charge in [-0.15, -0.1) is 0 Å². The number of hydrogen-bond donors (Lipinski definition) is 1. The lowest BCUT2D eigenvalue weighted by Crippen LogP contribution is -2.48. The van der Waals surface area contributed by atoms with Crippen LogP contribution in [0.5, 0.6) is 0 Å². The lowest BCUT2D eigenvalue weighted by atomic mass is 9.81. The summed E-state index contributed by atoms with van der Waals surface area (Å²) in [6, 6.07) is 21.2. The lowest BCUT2D eigenvalue weighted by molar-refractivity contribution is 0.0693. The Morgan fingerprint density at radius 2 is 1.91 bits per heavy atom. The minimum absolute atomic E-state index is 0.00886. The number of carbonyl (C=O) groups is 1. The summed E-state index contributed by atoms with van der Waals surface area (Å²) >= 11 is 0. The molecule has 1 fully saturated rings. The Bertz CT molecular complexity index is 1270. The van der Waals surface area contributed by atoms with Crippen molar-refractivity contribution in [3.05, 3.63) is 89.2 Å². The Balaban J connectivity index is 1.61. The van der Waals surface area contributed by atoms with E-state index in [0.29, 0.717) is 17.7 Å². The van der Waals surface area contributed by atoms with E-state index in [2.05, 4.69) is 17.0 Å². The van der Waals surface area contributed by atoms with E-state index < -0.39 is 5.82 Å². The van der Waals surface area contributed by atoms with E-state index in [1.165, 1.54) is 12.1 Å². The summed E-state index contributed by atoms with van der Waals surface area (Å²) in [7, 11) is 1.98. The maximum absolute atomic E-state index is 13.8. The number of likely N-dealkylation sites (tertiary alicyclic amines) is 1. The highest BCUT2D eigenvalue weighted by molar-refractivity contribution is 5.95. The van der Waals surface area contributed by atoms with Gasteiger partial charge in [-0.25, -0.2) is 4.39 Å². The number of rotatable bonds is 3. The molecule has 5 rings (SSSR count). The zero-order valence-electron chi connectivity index (χ0n) is 18.3. The van der Waals surface area contributed by atoms with Crippen LogP contribution in [-0.2, 0) is 0 Å². The predicted molar refractivity (Wildman–Crippen MR) is 124 cm³/mol. The van der Waals surface area contributed by atoms with Crippen LogP contribution in [0.15, 0.2) is 66.7 Å². The number of hydrogen-bond acceptors (Lipinski definition) is 4. The fraction of sp³-hybridized carbons (Fsp3) is 0.259. The van der Waals surface area contributed by atoms with Crippen molar-refractivity contribution >= 4 is 11.6 Å². The zero-order valence-corrected chi connectivity index (χ0v) is 18.3. The molecule has 0 aliphatic carbocycles. The van der Waals surface area contributed by atoms with Crippen molar-refractivity contribution in [3.8, 4) is 17.2 Å². The predicted octanol–water partition coefficient (Wildman–Crippen LogP) is 4.38. The molecule has 1 saturated heterocycles. The summed E-state index contributed by atoms with van der Waals surface area (Å²) in [5.41, 5.74) is 4.79. The van der Waals surface area contributed by atoms with Gasteiger partial charge in [0.05, 0.1) is 30.3 Å². The highest BCUT2D eigenvalue weighted by Crippen LogP contribution is 2.49. The van der Waals surface area contributed by atoms with Crippen LogP contribution in [-0.4, -0.2) is 42.2 Å². The first kappa shape index (κ1) is 21.2. The summed E-state index contributed by atoms with van der Waals surface area (Å²) in [5.74, 6) is -0.579. The Labute approximate surface area is 192 Å².